The van der Waals surface area contributed by atoms with E-state index in [0.29, 0.717) is 12.1 Å². The van der Waals surface area contributed by atoms with E-state index in [0.717, 1.165) is 6.07 Å². The molecule has 1 rings (SSSR count). The van der Waals surface area contributed by atoms with Crippen molar-refractivity contribution < 1.29 is 18.1 Å². The van der Waals surface area contributed by atoms with Crippen LogP contribution in [-0.2, 0) is 6.18 Å². The molecule has 0 aliphatic carbocycles. The van der Waals surface area contributed by atoms with Crippen LogP contribution >= 0.6 is 0 Å². The number of nitro benzene ring substituents is 1. The zero-order valence-corrected chi connectivity index (χ0v) is 6.13. The molecule has 3 nitrogen and oxygen atoms in total. The summed E-state index contributed by atoms with van der Waals surface area (Å²) in [5, 5.41) is 10.1. The normalized spacial score (nSPS) is 11.3. The maximum atomic E-state index is 12.0. The fourth-order valence-corrected chi connectivity index (χ4v) is 0.729. The Bertz CT molecular complexity index is 335. The van der Waals surface area contributed by atoms with Gasteiger partial charge in [-0.05, 0) is 12.1 Å². The lowest BCUT2D eigenvalue weighted by molar-refractivity contribution is -0.385. The highest BCUT2D eigenvalue weighted by Gasteiger charge is 2.31. The third-order valence-corrected chi connectivity index (χ3v) is 1.31. The van der Waals surface area contributed by atoms with Gasteiger partial charge in [-0.3, -0.25) is 10.1 Å². The molecule has 1 aromatic rings. The Balaban J connectivity index is 3.13. The number of non-ortho nitro benzene ring substituents is 1. The Kier molecular flexibility index (Phi) is 2.22. The minimum absolute atomic E-state index is 0.469. The Morgan fingerprint density at radius 1 is 1.38 bits per heavy atom. The van der Waals surface area contributed by atoms with Gasteiger partial charge in [0.25, 0.3) is 5.69 Å². The van der Waals surface area contributed by atoms with Gasteiger partial charge < -0.3 is 0 Å². The van der Waals surface area contributed by atoms with E-state index in [1.54, 1.807) is 0 Å². The predicted molar refractivity (Wildman–Crippen MR) is 36.9 cm³/mol. The van der Waals surface area contributed by atoms with E-state index in [-0.39, 0.29) is 0 Å². The maximum Gasteiger partial charge on any atom is 0.416 e. The quantitative estimate of drug-likeness (QED) is 0.504. The summed E-state index contributed by atoms with van der Waals surface area (Å²) in [6, 6.07) is 4.07. The van der Waals surface area contributed by atoms with Crippen LogP contribution in [-0.4, -0.2) is 4.92 Å². The van der Waals surface area contributed by atoms with E-state index < -0.39 is 22.4 Å². The molecule has 0 saturated carbocycles. The summed E-state index contributed by atoms with van der Waals surface area (Å²) in [5.41, 5.74) is -1.68. The van der Waals surface area contributed by atoms with Crippen molar-refractivity contribution in [1.82, 2.24) is 0 Å². The molecule has 0 bridgehead atoms. The van der Waals surface area contributed by atoms with Gasteiger partial charge >= 0.3 is 6.18 Å². The predicted octanol–water partition coefficient (Wildman–Crippen LogP) is 2.41. The van der Waals surface area contributed by atoms with Crippen LogP contribution in [0.4, 0.5) is 18.9 Å². The Morgan fingerprint density at radius 3 is 2.46 bits per heavy atom. The molecule has 1 aromatic carbocycles. The zero-order chi connectivity index (χ0) is 10.1. The summed E-state index contributed by atoms with van der Waals surface area (Å²) in [6.45, 7) is 0. The molecule has 0 saturated heterocycles. The molecule has 0 fully saturated rings. The Labute approximate surface area is 70.9 Å². The standard InChI is InChI=1S/C7H3F3NO2/c8-7(9,10)5-2-1-3-6(4-5)11(12)13/h2-4H. The molecular weight excluding hydrogens is 187 g/mol. The van der Waals surface area contributed by atoms with Crippen LogP contribution in [0.1, 0.15) is 5.56 Å². The van der Waals surface area contributed by atoms with Crippen LogP contribution in [0.25, 0.3) is 0 Å². The highest BCUT2D eigenvalue weighted by atomic mass is 19.4. The highest BCUT2D eigenvalue weighted by Crippen LogP contribution is 2.30. The van der Waals surface area contributed by atoms with Gasteiger partial charge in [-0.25, -0.2) is 0 Å². The lowest BCUT2D eigenvalue weighted by atomic mass is 10.2. The van der Waals surface area contributed by atoms with Crippen molar-refractivity contribution in [3.8, 4) is 0 Å². The van der Waals surface area contributed by atoms with Crippen LogP contribution in [0.3, 0.4) is 0 Å². The molecular formula is C7H3F3NO2. The first kappa shape index (κ1) is 9.50. The van der Waals surface area contributed by atoms with Crippen molar-refractivity contribution in [2.45, 2.75) is 6.18 Å². The molecule has 0 spiro atoms. The Hall–Kier alpha value is -1.59. The van der Waals surface area contributed by atoms with Crippen LogP contribution in [0.2, 0.25) is 0 Å². The van der Waals surface area contributed by atoms with Gasteiger partial charge in [0, 0.05) is 12.1 Å². The molecule has 0 aliphatic rings. The molecule has 0 atom stereocenters. The molecule has 6 heteroatoms. The molecule has 0 heterocycles. The third kappa shape index (κ3) is 2.17. The number of benzene rings is 1. The molecule has 13 heavy (non-hydrogen) atoms. The summed E-state index contributed by atoms with van der Waals surface area (Å²) in [5.74, 6) is 0. The second-order valence-electron chi connectivity index (χ2n) is 2.23. The Morgan fingerprint density at radius 2 is 2.00 bits per heavy atom. The average molecular weight is 190 g/mol. The third-order valence-electron chi connectivity index (χ3n) is 1.31. The molecule has 0 N–H and O–H groups in total. The van der Waals surface area contributed by atoms with E-state index in [4.69, 9.17) is 0 Å². The van der Waals surface area contributed by atoms with E-state index in [1.807, 2.05) is 0 Å². The topological polar surface area (TPSA) is 43.1 Å². The number of rotatable bonds is 1. The average Bonchev–Trinajstić information content (AvgIpc) is 2.03. The van der Waals surface area contributed by atoms with E-state index >= 15 is 0 Å². The second-order valence-corrected chi connectivity index (χ2v) is 2.23. The fraction of sp³-hybridized carbons (Fsp3) is 0.143. The summed E-state index contributed by atoms with van der Waals surface area (Å²) < 4.78 is 36.0. The van der Waals surface area contributed by atoms with Gasteiger partial charge in [-0.15, -0.1) is 0 Å². The number of nitrogens with zero attached hydrogens (tertiary/aromatic N) is 1. The van der Waals surface area contributed by atoms with Crippen molar-refractivity contribution in [1.29, 1.82) is 0 Å². The number of alkyl halides is 3. The van der Waals surface area contributed by atoms with Crippen molar-refractivity contribution in [3.63, 3.8) is 0 Å². The lowest BCUT2D eigenvalue weighted by Gasteiger charge is -2.04. The van der Waals surface area contributed by atoms with E-state index in [9.17, 15) is 23.3 Å². The first-order valence-corrected chi connectivity index (χ1v) is 3.14. The molecule has 1 radical (unpaired) electrons. The van der Waals surface area contributed by atoms with Crippen LogP contribution < -0.4 is 0 Å². The summed E-state index contributed by atoms with van der Waals surface area (Å²) >= 11 is 0. The van der Waals surface area contributed by atoms with Crippen molar-refractivity contribution >= 4 is 5.69 Å². The van der Waals surface area contributed by atoms with Gasteiger partial charge in [0.2, 0.25) is 0 Å². The number of nitro groups is 1. The van der Waals surface area contributed by atoms with Crippen LogP contribution in [0, 0.1) is 16.2 Å². The minimum atomic E-state index is -4.57. The van der Waals surface area contributed by atoms with E-state index in [2.05, 4.69) is 6.07 Å². The van der Waals surface area contributed by atoms with Gasteiger partial charge in [-0.1, -0.05) is 0 Å². The molecule has 0 unspecified atom stereocenters. The molecule has 0 aromatic heterocycles. The van der Waals surface area contributed by atoms with Gasteiger partial charge in [0.05, 0.1) is 10.5 Å². The first-order chi connectivity index (χ1) is 5.91. The number of hydrogen-bond donors (Lipinski definition) is 0. The monoisotopic (exact) mass is 190 g/mol. The maximum absolute atomic E-state index is 12.0. The summed E-state index contributed by atoms with van der Waals surface area (Å²) in [4.78, 5) is 9.20. The molecule has 0 aliphatic heterocycles. The summed E-state index contributed by atoms with van der Waals surface area (Å²) in [7, 11) is 0. The summed E-state index contributed by atoms with van der Waals surface area (Å²) in [6.07, 6.45) is -4.57. The number of halogens is 3. The lowest BCUT2D eigenvalue weighted by Crippen LogP contribution is -2.05. The SMILES string of the molecule is O=[N+]([O-])c1c[c]cc(C(F)(F)F)c1. The first-order valence-electron chi connectivity index (χ1n) is 3.14. The van der Waals surface area contributed by atoms with Crippen LogP contribution in [0.5, 0.6) is 0 Å². The minimum Gasteiger partial charge on any atom is -0.258 e. The van der Waals surface area contributed by atoms with Crippen LogP contribution in [0.15, 0.2) is 18.2 Å². The highest BCUT2D eigenvalue weighted by molar-refractivity contribution is 5.34. The molecule has 0 amide bonds. The van der Waals surface area contributed by atoms with Crippen molar-refractivity contribution in [2.75, 3.05) is 0 Å². The van der Waals surface area contributed by atoms with Crippen molar-refractivity contribution in [3.05, 3.63) is 39.9 Å². The fourth-order valence-electron chi connectivity index (χ4n) is 0.729. The largest absolute Gasteiger partial charge is 0.416 e. The second kappa shape index (κ2) is 3.04. The smallest absolute Gasteiger partial charge is 0.258 e. The molecule has 69 valence electrons. The number of hydrogen-bond acceptors (Lipinski definition) is 2. The van der Waals surface area contributed by atoms with Gasteiger partial charge in [0.15, 0.2) is 0 Å². The van der Waals surface area contributed by atoms with E-state index in [1.165, 1.54) is 0 Å². The van der Waals surface area contributed by atoms with Crippen molar-refractivity contribution in [2.24, 2.45) is 0 Å². The van der Waals surface area contributed by atoms with Gasteiger partial charge in [0.1, 0.15) is 0 Å². The van der Waals surface area contributed by atoms with Gasteiger partial charge in [-0.2, -0.15) is 13.2 Å². The zero-order valence-electron chi connectivity index (χ0n) is 6.13.